The molecule has 1 heterocycles. The molecule has 11 rings (SSSR count). The molecule has 0 amide bonds. The van der Waals surface area contributed by atoms with Gasteiger partial charge in [-0.15, -0.1) is 0 Å². The Hall–Kier alpha value is -6.57. The number of rotatable bonds is 3. The zero-order valence-electron chi connectivity index (χ0n) is 32.3. The van der Waals surface area contributed by atoms with E-state index in [4.69, 9.17) is 4.99 Å². The SMILES string of the molecule is CC12C=CC=CC1c1ccccc1C1=NC3C=C(c4ccc5c(-c6cccc7ccccc67)c6ccccc6c(-c6ccccccccc6)c5c4)C=CC3C12C. The van der Waals surface area contributed by atoms with Gasteiger partial charge >= 0.3 is 0 Å². The quantitative estimate of drug-likeness (QED) is 0.161. The zero-order chi connectivity index (χ0) is 38.1. The van der Waals surface area contributed by atoms with Crippen LogP contribution in [0.5, 0.6) is 0 Å². The third-order valence-corrected chi connectivity index (χ3v) is 13.7. The van der Waals surface area contributed by atoms with E-state index in [9.17, 15) is 0 Å². The van der Waals surface area contributed by atoms with Crippen molar-refractivity contribution in [2.45, 2.75) is 25.8 Å². The fraction of sp³-hybridized carbons (Fsp3) is 0.125. The van der Waals surface area contributed by atoms with E-state index in [0.29, 0.717) is 5.92 Å². The number of aliphatic imine (C=N–C) groups is 1. The molecule has 0 bridgehead atoms. The largest absolute Gasteiger partial charge is 0.280 e. The maximum Gasteiger partial charge on any atom is 0.0764 e. The summed E-state index contributed by atoms with van der Waals surface area (Å²) in [5.74, 6) is 0.579. The van der Waals surface area contributed by atoms with Gasteiger partial charge in [0.1, 0.15) is 0 Å². The summed E-state index contributed by atoms with van der Waals surface area (Å²) in [6.07, 6.45) is 16.7. The van der Waals surface area contributed by atoms with Gasteiger partial charge in [-0.3, -0.25) is 4.99 Å². The fourth-order valence-electron chi connectivity index (χ4n) is 10.8. The Labute approximate surface area is 335 Å². The summed E-state index contributed by atoms with van der Waals surface area (Å²) < 4.78 is 0. The summed E-state index contributed by atoms with van der Waals surface area (Å²) in [7, 11) is 0. The number of allylic oxidation sites excluding steroid dienone is 6. The van der Waals surface area contributed by atoms with Crippen LogP contribution in [0, 0.1) is 16.7 Å². The Morgan fingerprint density at radius 3 is 1.98 bits per heavy atom. The van der Waals surface area contributed by atoms with Gasteiger partial charge in [0.2, 0.25) is 0 Å². The van der Waals surface area contributed by atoms with Crippen molar-refractivity contribution in [2.75, 3.05) is 0 Å². The van der Waals surface area contributed by atoms with Crippen LogP contribution in [-0.2, 0) is 0 Å². The summed E-state index contributed by atoms with van der Waals surface area (Å²) in [6, 6.07) is 60.0. The van der Waals surface area contributed by atoms with Gasteiger partial charge in [-0.2, -0.15) is 0 Å². The molecule has 1 nitrogen and oxygen atoms in total. The lowest BCUT2D eigenvalue weighted by atomic mass is 9.46. The van der Waals surface area contributed by atoms with Crippen LogP contribution in [0.1, 0.15) is 36.5 Å². The monoisotopic (exact) mass is 729 g/mol. The van der Waals surface area contributed by atoms with Gasteiger partial charge in [-0.05, 0) is 82.9 Å². The molecule has 1 heteroatoms. The van der Waals surface area contributed by atoms with E-state index in [1.807, 2.05) is 0 Å². The molecule has 0 N–H and O–H groups in total. The van der Waals surface area contributed by atoms with Gasteiger partial charge in [0.15, 0.2) is 0 Å². The number of benzene rings is 6. The molecule has 57 heavy (non-hydrogen) atoms. The van der Waals surface area contributed by atoms with Crippen molar-refractivity contribution in [2.24, 2.45) is 21.7 Å². The summed E-state index contributed by atoms with van der Waals surface area (Å²) in [5, 5.41) is 7.51. The van der Waals surface area contributed by atoms with Crippen LogP contribution in [0.3, 0.4) is 0 Å². The number of fused-ring (bicyclic) bond motifs is 11. The minimum atomic E-state index is -0.148. The van der Waals surface area contributed by atoms with Crippen LogP contribution in [0.15, 0.2) is 211 Å². The predicted octanol–water partition coefficient (Wildman–Crippen LogP) is 14.3. The van der Waals surface area contributed by atoms with Crippen LogP contribution in [0.2, 0.25) is 0 Å². The molecule has 3 aliphatic carbocycles. The Bertz CT molecular complexity index is 3000. The Kier molecular flexibility index (Phi) is 7.70. The van der Waals surface area contributed by atoms with Crippen molar-refractivity contribution in [1.82, 2.24) is 0 Å². The normalized spacial score (nSPS) is 23.9. The second-order valence-electron chi connectivity index (χ2n) is 16.5. The lowest BCUT2D eigenvalue weighted by Crippen LogP contribution is -2.53. The van der Waals surface area contributed by atoms with Gasteiger partial charge in [-0.25, -0.2) is 0 Å². The first-order chi connectivity index (χ1) is 28.0. The predicted molar refractivity (Wildman–Crippen MR) is 242 cm³/mol. The van der Waals surface area contributed by atoms with E-state index >= 15 is 0 Å². The van der Waals surface area contributed by atoms with Crippen molar-refractivity contribution in [3.05, 3.63) is 223 Å². The summed E-state index contributed by atoms with van der Waals surface area (Å²) >= 11 is 0. The summed E-state index contributed by atoms with van der Waals surface area (Å²) in [5.41, 5.74) is 11.1. The van der Waals surface area contributed by atoms with E-state index in [2.05, 4.69) is 220 Å². The van der Waals surface area contributed by atoms with Gasteiger partial charge < -0.3 is 0 Å². The van der Waals surface area contributed by atoms with Gasteiger partial charge in [0.25, 0.3) is 0 Å². The van der Waals surface area contributed by atoms with Crippen LogP contribution < -0.4 is 0 Å². The molecule has 272 valence electrons. The van der Waals surface area contributed by atoms with Gasteiger partial charge in [0.05, 0.1) is 11.8 Å². The van der Waals surface area contributed by atoms with Crippen LogP contribution in [-0.4, -0.2) is 11.8 Å². The number of hydrogen-bond acceptors (Lipinski definition) is 1. The fourth-order valence-corrected chi connectivity index (χ4v) is 10.8. The number of nitrogens with zero attached hydrogens (tertiary/aromatic N) is 1. The minimum absolute atomic E-state index is 0.0554. The van der Waals surface area contributed by atoms with Crippen molar-refractivity contribution in [3.63, 3.8) is 0 Å². The molecule has 0 radical (unpaired) electrons. The first-order valence-corrected chi connectivity index (χ1v) is 20.3. The smallest absolute Gasteiger partial charge is 0.0764 e. The average Bonchev–Trinajstić information content (AvgIpc) is 3.57. The molecule has 4 aliphatic rings. The van der Waals surface area contributed by atoms with Gasteiger partial charge in [0, 0.05) is 22.7 Å². The van der Waals surface area contributed by atoms with Crippen molar-refractivity contribution < 1.29 is 0 Å². The highest BCUT2D eigenvalue weighted by Crippen LogP contribution is 2.65. The second-order valence-corrected chi connectivity index (χ2v) is 16.5. The maximum atomic E-state index is 5.66. The Balaban J connectivity index is 1.14. The molecular weight excluding hydrogens is 687 g/mol. The minimum Gasteiger partial charge on any atom is -0.280 e. The summed E-state index contributed by atoms with van der Waals surface area (Å²) in [6.45, 7) is 4.94. The van der Waals surface area contributed by atoms with Crippen LogP contribution in [0.25, 0.3) is 60.1 Å². The molecule has 0 spiro atoms. The third-order valence-electron chi connectivity index (χ3n) is 13.7. The molecule has 1 aliphatic heterocycles. The molecule has 5 unspecified atom stereocenters. The third kappa shape index (κ3) is 4.98. The number of hydrogen-bond donors (Lipinski definition) is 0. The van der Waals surface area contributed by atoms with Crippen molar-refractivity contribution in [1.29, 1.82) is 0 Å². The standard InChI is InChI=1S/C56H43N/c1-55-34-17-16-29-49(55)42-24-12-15-27-47(42)54-56(55,2)50-33-31-40(36-51(50)57-54)39-30-32-46-48(35-39)52(38-20-8-6-4-3-5-7-9-21-38)44-25-13-14-26-45(44)53(46)43-28-18-22-37-19-10-11-23-41(37)43/h3-36,49-51H,1-2H3. The highest BCUT2D eigenvalue weighted by molar-refractivity contribution is 6.24. The van der Waals surface area contributed by atoms with E-state index in [-0.39, 0.29) is 22.8 Å². The average molecular weight is 730 g/mol. The maximum absolute atomic E-state index is 5.66. The topological polar surface area (TPSA) is 12.4 Å². The van der Waals surface area contributed by atoms with E-state index in [1.165, 1.54) is 82.5 Å². The van der Waals surface area contributed by atoms with Gasteiger partial charge in [-0.1, -0.05) is 214 Å². The zero-order valence-corrected chi connectivity index (χ0v) is 32.3. The first kappa shape index (κ1) is 33.7. The molecule has 0 fully saturated rings. The lowest BCUT2D eigenvalue weighted by molar-refractivity contribution is 0.131. The lowest BCUT2D eigenvalue weighted by Gasteiger charge is -2.55. The van der Waals surface area contributed by atoms with Crippen LogP contribution in [0.4, 0.5) is 0 Å². The second kappa shape index (κ2) is 13.0. The van der Waals surface area contributed by atoms with Crippen molar-refractivity contribution in [3.8, 4) is 22.3 Å². The van der Waals surface area contributed by atoms with Crippen molar-refractivity contribution >= 4 is 43.6 Å². The van der Waals surface area contributed by atoms with E-state index in [1.54, 1.807) is 0 Å². The molecule has 0 saturated carbocycles. The molecule has 0 aromatic heterocycles. The molecular formula is C56H43N. The highest BCUT2D eigenvalue weighted by atomic mass is 14.9. The molecule has 0 saturated heterocycles. The Morgan fingerprint density at radius 2 is 1.16 bits per heavy atom. The molecule has 7 aromatic carbocycles. The first-order valence-electron chi connectivity index (χ1n) is 20.3. The summed E-state index contributed by atoms with van der Waals surface area (Å²) in [4.78, 5) is 5.66. The Morgan fingerprint density at radius 1 is 0.509 bits per heavy atom. The van der Waals surface area contributed by atoms with E-state index in [0.717, 1.165) is 0 Å². The van der Waals surface area contributed by atoms with E-state index < -0.39 is 0 Å². The molecule has 7 aromatic rings. The highest BCUT2D eigenvalue weighted by Gasteiger charge is 2.62. The molecule has 5 atom stereocenters. The van der Waals surface area contributed by atoms with Crippen LogP contribution >= 0.6 is 0 Å².